The van der Waals surface area contributed by atoms with Gasteiger partial charge in [-0.25, -0.2) is 4.98 Å². The number of fused-ring (bicyclic) bond motifs is 1. The SMILES string of the molecule is O=c1[nH]cc(CSc2ccc3nc(C(F)(F)F)ccc3c2)[nH]c1=O. The Kier molecular flexibility index (Phi) is 4.18. The van der Waals surface area contributed by atoms with E-state index in [-0.39, 0.29) is 5.52 Å². The molecule has 5 nitrogen and oxygen atoms in total. The molecule has 3 aromatic rings. The Morgan fingerprint density at radius 2 is 1.88 bits per heavy atom. The Bertz CT molecular complexity index is 1010. The fraction of sp³-hybridized carbons (Fsp3) is 0.133. The lowest BCUT2D eigenvalue weighted by molar-refractivity contribution is -0.140. The largest absolute Gasteiger partial charge is 0.433 e. The Morgan fingerprint density at radius 1 is 1.08 bits per heavy atom. The van der Waals surface area contributed by atoms with E-state index in [0.29, 0.717) is 16.8 Å². The molecule has 0 saturated heterocycles. The molecule has 0 aliphatic rings. The predicted octanol–water partition coefficient (Wildman–Crippen LogP) is 2.92. The number of halogens is 3. The van der Waals surface area contributed by atoms with E-state index < -0.39 is 23.0 Å². The fourth-order valence-corrected chi connectivity index (χ4v) is 2.90. The smallest absolute Gasteiger partial charge is 0.323 e. The molecule has 9 heteroatoms. The van der Waals surface area contributed by atoms with Crippen molar-refractivity contribution in [1.29, 1.82) is 0 Å². The summed E-state index contributed by atoms with van der Waals surface area (Å²) in [4.78, 5) is 31.4. The van der Waals surface area contributed by atoms with Gasteiger partial charge in [0, 0.05) is 27.9 Å². The number of benzene rings is 1. The molecule has 0 aliphatic heterocycles. The van der Waals surface area contributed by atoms with Crippen molar-refractivity contribution in [3.63, 3.8) is 0 Å². The number of aromatic amines is 2. The zero-order chi connectivity index (χ0) is 17.3. The number of H-pyrrole nitrogens is 2. The van der Waals surface area contributed by atoms with Crippen molar-refractivity contribution in [3.05, 3.63) is 68.6 Å². The van der Waals surface area contributed by atoms with Crippen LogP contribution in [0.3, 0.4) is 0 Å². The molecule has 2 heterocycles. The first-order chi connectivity index (χ1) is 11.3. The van der Waals surface area contributed by atoms with Crippen molar-refractivity contribution in [2.45, 2.75) is 16.8 Å². The second-order valence-corrected chi connectivity index (χ2v) is 5.98. The van der Waals surface area contributed by atoms with Crippen molar-refractivity contribution >= 4 is 22.7 Å². The van der Waals surface area contributed by atoms with Crippen LogP contribution in [0.2, 0.25) is 0 Å². The number of pyridine rings is 1. The number of thioether (sulfide) groups is 1. The quantitative estimate of drug-likeness (QED) is 0.561. The van der Waals surface area contributed by atoms with Gasteiger partial charge in [0.1, 0.15) is 5.69 Å². The third kappa shape index (κ3) is 3.51. The van der Waals surface area contributed by atoms with E-state index in [2.05, 4.69) is 15.0 Å². The highest BCUT2D eigenvalue weighted by Gasteiger charge is 2.32. The summed E-state index contributed by atoms with van der Waals surface area (Å²) in [6, 6.07) is 7.21. The van der Waals surface area contributed by atoms with Gasteiger partial charge in [0.2, 0.25) is 0 Å². The summed E-state index contributed by atoms with van der Waals surface area (Å²) < 4.78 is 37.9. The zero-order valence-electron chi connectivity index (χ0n) is 12.0. The Labute approximate surface area is 137 Å². The molecular weight excluding hydrogens is 343 g/mol. The van der Waals surface area contributed by atoms with Crippen LogP contribution in [0.4, 0.5) is 13.2 Å². The normalized spacial score (nSPS) is 11.8. The summed E-state index contributed by atoms with van der Waals surface area (Å²) in [6.07, 6.45) is -3.06. The van der Waals surface area contributed by atoms with Crippen LogP contribution < -0.4 is 11.1 Å². The number of alkyl halides is 3. The summed E-state index contributed by atoms with van der Waals surface area (Å²) >= 11 is 1.37. The van der Waals surface area contributed by atoms with Gasteiger partial charge in [-0.15, -0.1) is 11.8 Å². The standard InChI is InChI=1S/C15H10F3N3O2S/c16-15(17,18)12-4-1-8-5-10(2-3-11(8)21-12)24-7-9-6-19-13(22)14(23)20-9/h1-6H,7H2,(H,19,22)(H,20,23). The molecule has 0 atom stereocenters. The minimum atomic E-state index is -4.47. The third-order valence-corrected chi connectivity index (χ3v) is 4.25. The highest BCUT2D eigenvalue weighted by molar-refractivity contribution is 7.98. The first kappa shape index (κ1) is 16.3. The van der Waals surface area contributed by atoms with E-state index in [4.69, 9.17) is 0 Å². The Balaban J connectivity index is 1.82. The maximum Gasteiger partial charge on any atom is 0.433 e. The average molecular weight is 353 g/mol. The van der Waals surface area contributed by atoms with Crippen molar-refractivity contribution < 1.29 is 13.2 Å². The summed E-state index contributed by atoms with van der Waals surface area (Å²) in [6.45, 7) is 0. The van der Waals surface area contributed by atoms with Gasteiger partial charge >= 0.3 is 17.3 Å². The van der Waals surface area contributed by atoms with Crippen molar-refractivity contribution in [2.24, 2.45) is 0 Å². The average Bonchev–Trinajstić information content (AvgIpc) is 2.54. The van der Waals surface area contributed by atoms with Gasteiger partial charge in [-0.05, 0) is 24.3 Å². The monoisotopic (exact) mass is 353 g/mol. The first-order valence-corrected chi connectivity index (χ1v) is 7.73. The zero-order valence-corrected chi connectivity index (χ0v) is 12.8. The van der Waals surface area contributed by atoms with Crippen LogP contribution in [0.15, 0.2) is 51.0 Å². The number of aromatic nitrogens is 3. The van der Waals surface area contributed by atoms with E-state index in [1.807, 2.05) is 0 Å². The molecule has 0 saturated carbocycles. The van der Waals surface area contributed by atoms with Crippen molar-refractivity contribution in [1.82, 2.24) is 15.0 Å². The molecule has 24 heavy (non-hydrogen) atoms. The number of rotatable bonds is 3. The Hall–Kier alpha value is -2.55. The number of hydrogen-bond donors (Lipinski definition) is 2. The van der Waals surface area contributed by atoms with Gasteiger partial charge in [-0.3, -0.25) is 9.59 Å². The molecule has 3 rings (SSSR count). The summed E-state index contributed by atoms with van der Waals surface area (Å²) in [7, 11) is 0. The lowest BCUT2D eigenvalue weighted by Gasteiger charge is -2.08. The van der Waals surface area contributed by atoms with Crippen molar-refractivity contribution in [3.8, 4) is 0 Å². The van der Waals surface area contributed by atoms with Crippen LogP contribution in [0.5, 0.6) is 0 Å². The van der Waals surface area contributed by atoms with Gasteiger partial charge in [0.25, 0.3) is 0 Å². The van der Waals surface area contributed by atoms with E-state index in [9.17, 15) is 22.8 Å². The maximum absolute atomic E-state index is 12.6. The van der Waals surface area contributed by atoms with Gasteiger partial charge in [0.05, 0.1) is 5.52 Å². The molecule has 0 amide bonds. The summed E-state index contributed by atoms with van der Waals surface area (Å²) in [5.74, 6) is 0.394. The topological polar surface area (TPSA) is 78.6 Å². The van der Waals surface area contributed by atoms with Crippen LogP contribution in [0.1, 0.15) is 11.4 Å². The molecule has 0 bridgehead atoms. The minimum Gasteiger partial charge on any atom is -0.323 e. The number of nitrogens with one attached hydrogen (secondary N) is 2. The predicted molar refractivity (Wildman–Crippen MR) is 84.0 cm³/mol. The van der Waals surface area contributed by atoms with E-state index in [0.717, 1.165) is 11.0 Å². The molecule has 0 unspecified atom stereocenters. The molecule has 0 spiro atoms. The molecule has 2 N–H and O–H groups in total. The lowest BCUT2D eigenvalue weighted by Crippen LogP contribution is -2.29. The summed E-state index contributed by atoms with van der Waals surface area (Å²) in [5, 5.41) is 0.586. The molecule has 0 fully saturated rings. The minimum absolute atomic E-state index is 0.256. The maximum atomic E-state index is 12.6. The van der Waals surface area contributed by atoms with Gasteiger partial charge in [-0.2, -0.15) is 13.2 Å². The van der Waals surface area contributed by atoms with Gasteiger partial charge < -0.3 is 9.97 Å². The molecule has 0 aliphatic carbocycles. The molecule has 2 aromatic heterocycles. The van der Waals surface area contributed by atoms with Crippen LogP contribution in [0.25, 0.3) is 10.9 Å². The second-order valence-electron chi connectivity index (χ2n) is 4.93. The van der Waals surface area contributed by atoms with Gasteiger partial charge in [0.15, 0.2) is 0 Å². The van der Waals surface area contributed by atoms with Crippen LogP contribution >= 0.6 is 11.8 Å². The third-order valence-electron chi connectivity index (χ3n) is 3.20. The fourth-order valence-electron chi connectivity index (χ4n) is 2.05. The highest BCUT2D eigenvalue weighted by atomic mass is 32.2. The number of nitrogens with zero attached hydrogens (tertiary/aromatic N) is 1. The molecule has 124 valence electrons. The van der Waals surface area contributed by atoms with Crippen LogP contribution in [-0.2, 0) is 11.9 Å². The molecular formula is C15H10F3N3O2S. The molecule has 1 aromatic carbocycles. The van der Waals surface area contributed by atoms with E-state index in [1.165, 1.54) is 30.1 Å². The van der Waals surface area contributed by atoms with Crippen LogP contribution in [-0.4, -0.2) is 15.0 Å². The lowest BCUT2D eigenvalue weighted by atomic mass is 10.2. The first-order valence-electron chi connectivity index (χ1n) is 6.74. The van der Waals surface area contributed by atoms with Gasteiger partial charge in [-0.1, -0.05) is 6.07 Å². The molecule has 0 radical (unpaired) electrons. The van der Waals surface area contributed by atoms with E-state index >= 15 is 0 Å². The van der Waals surface area contributed by atoms with Crippen LogP contribution in [0, 0.1) is 0 Å². The van der Waals surface area contributed by atoms with E-state index in [1.54, 1.807) is 12.1 Å². The highest BCUT2D eigenvalue weighted by Crippen LogP contribution is 2.30. The van der Waals surface area contributed by atoms with Crippen molar-refractivity contribution in [2.75, 3.05) is 0 Å². The second kappa shape index (κ2) is 6.16. The Morgan fingerprint density at radius 3 is 2.58 bits per heavy atom. The number of hydrogen-bond acceptors (Lipinski definition) is 4. The summed E-state index contributed by atoms with van der Waals surface area (Å²) in [5.41, 5.74) is -1.58.